The molecule has 17 heavy (non-hydrogen) atoms. The zero-order chi connectivity index (χ0) is 12.5. The highest BCUT2D eigenvalue weighted by atomic mass is 28.3. The predicted molar refractivity (Wildman–Crippen MR) is 71.4 cm³/mol. The molecule has 0 saturated carbocycles. The van der Waals surface area contributed by atoms with Crippen molar-refractivity contribution >= 4 is 10.0 Å². The lowest BCUT2D eigenvalue weighted by Gasteiger charge is -2.23. The van der Waals surface area contributed by atoms with E-state index in [1.54, 1.807) is 0 Å². The van der Waals surface area contributed by atoms with Crippen LogP contribution in [-0.2, 0) is 8.85 Å². The summed E-state index contributed by atoms with van der Waals surface area (Å²) in [6.07, 6.45) is 1.16. The zero-order valence-corrected chi connectivity index (χ0v) is 12.0. The van der Waals surface area contributed by atoms with Gasteiger partial charge in [-0.25, -0.2) is 0 Å². The highest BCUT2D eigenvalue weighted by Crippen LogP contribution is 2.22. The van der Waals surface area contributed by atoms with Crippen LogP contribution in [-0.4, -0.2) is 27.8 Å². The van der Waals surface area contributed by atoms with E-state index in [2.05, 4.69) is 6.92 Å². The second-order valence-corrected chi connectivity index (χ2v) is 4.94. The molecule has 0 saturated heterocycles. The van der Waals surface area contributed by atoms with Crippen LogP contribution in [0.2, 0.25) is 0 Å². The molecule has 0 aliphatic carbocycles. The van der Waals surface area contributed by atoms with E-state index >= 15 is 0 Å². The summed E-state index contributed by atoms with van der Waals surface area (Å²) in [5.41, 5.74) is 0.913. The molecule has 2 unspecified atom stereocenters. The van der Waals surface area contributed by atoms with Gasteiger partial charge in [-0.05, 0) is 18.9 Å². The minimum atomic E-state index is -0.964. The fourth-order valence-corrected chi connectivity index (χ4v) is 2.49. The second kappa shape index (κ2) is 8.41. The molecular formula is C13H22O3Si. The summed E-state index contributed by atoms with van der Waals surface area (Å²) >= 11 is 0. The SMILES string of the molecule is CCCC(O[SiH2]OCC)C(O)c1ccccc1. The topological polar surface area (TPSA) is 38.7 Å². The van der Waals surface area contributed by atoms with Gasteiger partial charge >= 0.3 is 10.0 Å². The number of aliphatic hydroxyl groups is 1. The van der Waals surface area contributed by atoms with Crippen molar-refractivity contribution in [2.75, 3.05) is 6.61 Å². The molecule has 0 amide bonds. The van der Waals surface area contributed by atoms with Gasteiger partial charge in [0.25, 0.3) is 0 Å². The Bertz CT molecular complexity index is 292. The van der Waals surface area contributed by atoms with Gasteiger partial charge in [-0.2, -0.15) is 0 Å². The van der Waals surface area contributed by atoms with Gasteiger partial charge in [-0.1, -0.05) is 43.7 Å². The third kappa shape index (κ3) is 5.00. The van der Waals surface area contributed by atoms with Crippen molar-refractivity contribution in [3.8, 4) is 0 Å². The van der Waals surface area contributed by atoms with Gasteiger partial charge in [0, 0.05) is 6.61 Å². The van der Waals surface area contributed by atoms with Gasteiger partial charge in [0.2, 0.25) is 0 Å². The summed E-state index contributed by atoms with van der Waals surface area (Å²) in [4.78, 5) is 0. The Hall–Kier alpha value is -0.683. The van der Waals surface area contributed by atoms with E-state index in [4.69, 9.17) is 8.85 Å². The third-order valence-corrected chi connectivity index (χ3v) is 3.78. The summed E-state index contributed by atoms with van der Waals surface area (Å²) in [5.74, 6) is 0. The molecule has 0 aromatic heterocycles. The lowest BCUT2D eigenvalue weighted by molar-refractivity contribution is 0.0190. The monoisotopic (exact) mass is 254 g/mol. The van der Waals surface area contributed by atoms with Gasteiger partial charge in [-0.15, -0.1) is 0 Å². The molecule has 0 heterocycles. The maximum Gasteiger partial charge on any atom is 0.304 e. The average molecular weight is 254 g/mol. The van der Waals surface area contributed by atoms with Crippen molar-refractivity contribution < 1.29 is 14.0 Å². The maximum absolute atomic E-state index is 10.3. The Labute approximate surface area is 106 Å². The van der Waals surface area contributed by atoms with E-state index < -0.39 is 16.1 Å². The molecule has 2 atom stereocenters. The molecule has 1 aromatic carbocycles. The minimum Gasteiger partial charge on any atom is -0.399 e. The molecule has 0 radical (unpaired) electrons. The fourth-order valence-electron chi connectivity index (χ4n) is 1.70. The summed E-state index contributed by atoms with van der Waals surface area (Å²) in [6, 6.07) is 9.67. The summed E-state index contributed by atoms with van der Waals surface area (Å²) < 4.78 is 11.0. The zero-order valence-electron chi connectivity index (χ0n) is 10.6. The van der Waals surface area contributed by atoms with Crippen molar-refractivity contribution in [1.82, 2.24) is 0 Å². The Morgan fingerprint density at radius 2 is 1.94 bits per heavy atom. The maximum atomic E-state index is 10.3. The Balaban J connectivity index is 2.56. The van der Waals surface area contributed by atoms with Gasteiger partial charge in [-0.3, -0.25) is 0 Å². The van der Waals surface area contributed by atoms with E-state index in [9.17, 15) is 5.11 Å². The van der Waals surface area contributed by atoms with Gasteiger partial charge in [0.15, 0.2) is 0 Å². The molecule has 0 aliphatic rings. The summed E-state index contributed by atoms with van der Waals surface area (Å²) in [5, 5.41) is 10.3. The highest BCUT2D eigenvalue weighted by molar-refractivity contribution is 6.18. The first kappa shape index (κ1) is 14.4. The van der Waals surface area contributed by atoms with Crippen LogP contribution in [0.25, 0.3) is 0 Å². The smallest absolute Gasteiger partial charge is 0.304 e. The van der Waals surface area contributed by atoms with Crippen molar-refractivity contribution in [3.05, 3.63) is 35.9 Å². The lowest BCUT2D eigenvalue weighted by atomic mass is 10.0. The number of hydrogen-bond donors (Lipinski definition) is 1. The first-order valence-electron chi connectivity index (χ1n) is 6.22. The van der Waals surface area contributed by atoms with Crippen LogP contribution in [0, 0.1) is 0 Å². The first-order valence-corrected chi connectivity index (χ1v) is 7.37. The Morgan fingerprint density at radius 1 is 1.24 bits per heavy atom. The molecule has 1 aromatic rings. The van der Waals surface area contributed by atoms with Crippen molar-refractivity contribution in [1.29, 1.82) is 0 Å². The number of rotatable bonds is 8. The lowest BCUT2D eigenvalue weighted by Crippen LogP contribution is -2.25. The molecule has 96 valence electrons. The average Bonchev–Trinajstić information content (AvgIpc) is 2.38. The number of hydrogen-bond acceptors (Lipinski definition) is 3. The molecular weight excluding hydrogens is 232 g/mol. The predicted octanol–water partition coefficient (Wildman–Crippen LogP) is 1.94. The van der Waals surface area contributed by atoms with E-state index in [0.717, 1.165) is 18.4 Å². The quantitative estimate of drug-likeness (QED) is 0.569. The van der Waals surface area contributed by atoms with Gasteiger partial charge in [0.05, 0.1) is 6.10 Å². The second-order valence-electron chi connectivity index (χ2n) is 3.96. The summed E-state index contributed by atoms with van der Waals surface area (Å²) in [7, 11) is -0.964. The third-order valence-electron chi connectivity index (χ3n) is 2.64. The molecule has 1 N–H and O–H groups in total. The van der Waals surface area contributed by atoms with Crippen LogP contribution < -0.4 is 0 Å². The van der Waals surface area contributed by atoms with E-state index in [1.165, 1.54) is 0 Å². The molecule has 3 nitrogen and oxygen atoms in total. The van der Waals surface area contributed by atoms with E-state index in [0.29, 0.717) is 6.61 Å². The van der Waals surface area contributed by atoms with Crippen LogP contribution in [0.15, 0.2) is 30.3 Å². The number of benzene rings is 1. The van der Waals surface area contributed by atoms with E-state index in [-0.39, 0.29) is 6.10 Å². The van der Waals surface area contributed by atoms with E-state index in [1.807, 2.05) is 37.3 Å². The standard InChI is InChI=1S/C13H22O3Si/c1-3-8-12(16-17-15-4-2)13(14)11-9-6-5-7-10-11/h5-7,9-10,12-14H,3-4,8,17H2,1-2H3. The van der Waals surface area contributed by atoms with Crippen LogP contribution in [0.5, 0.6) is 0 Å². The van der Waals surface area contributed by atoms with Gasteiger partial charge < -0.3 is 14.0 Å². The minimum absolute atomic E-state index is 0.138. The normalized spacial score (nSPS) is 15.2. The Kier molecular flexibility index (Phi) is 7.12. The van der Waals surface area contributed by atoms with Crippen LogP contribution >= 0.6 is 0 Å². The first-order chi connectivity index (χ1) is 8.29. The van der Waals surface area contributed by atoms with Crippen LogP contribution in [0.1, 0.15) is 38.4 Å². The molecule has 0 fully saturated rings. The van der Waals surface area contributed by atoms with Crippen molar-refractivity contribution in [2.24, 2.45) is 0 Å². The molecule has 4 heteroatoms. The summed E-state index contributed by atoms with van der Waals surface area (Å²) in [6.45, 7) is 4.74. The largest absolute Gasteiger partial charge is 0.399 e. The fraction of sp³-hybridized carbons (Fsp3) is 0.538. The molecule has 0 aliphatic heterocycles. The van der Waals surface area contributed by atoms with Crippen LogP contribution in [0.4, 0.5) is 0 Å². The Morgan fingerprint density at radius 3 is 2.53 bits per heavy atom. The number of aliphatic hydroxyl groups excluding tert-OH is 1. The van der Waals surface area contributed by atoms with Crippen molar-refractivity contribution in [3.63, 3.8) is 0 Å². The highest BCUT2D eigenvalue weighted by Gasteiger charge is 2.20. The molecule has 0 bridgehead atoms. The van der Waals surface area contributed by atoms with Crippen LogP contribution in [0.3, 0.4) is 0 Å². The molecule has 0 spiro atoms. The van der Waals surface area contributed by atoms with Crippen molar-refractivity contribution in [2.45, 2.75) is 38.9 Å². The molecule has 1 rings (SSSR count). The van der Waals surface area contributed by atoms with Gasteiger partial charge in [0.1, 0.15) is 6.10 Å².